The Labute approximate surface area is 233 Å². The number of ether oxygens (including phenoxy) is 1. The van der Waals surface area contributed by atoms with Crippen molar-refractivity contribution in [1.82, 2.24) is 4.57 Å². The van der Waals surface area contributed by atoms with Gasteiger partial charge in [0.05, 0.1) is 11.4 Å². The molecule has 0 bridgehead atoms. The van der Waals surface area contributed by atoms with Crippen molar-refractivity contribution in [2.75, 3.05) is 0 Å². The van der Waals surface area contributed by atoms with Crippen LogP contribution >= 0.6 is 11.3 Å². The van der Waals surface area contributed by atoms with Gasteiger partial charge in [-0.15, -0.1) is 11.3 Å². The molecule has 0 unspecified atom stereocenters. The van der Waals surface area contributed by atoms with Crippen LogP contribution in [0.2, 0.25) is 0 Å². The zero-order valence-corrected chi connectivity index (χ0v) is 24.2. The van der Waals surface area contributed by atoms with Crippen LogP contribution in [-0.2, 0) is 23.8 Å². The van der Waals surface area contributed by atoms with Crippen molar-refractivity contribution in [3.8, 4) is 22.8 Å². The third-order valence-corrected chi connectivity index (χ3v) is 7.44. The molecule has 0 saturated carbocycles. The summed E-state index contributed by atoms with van der Waals surface area (Å²) in [5.74, 6) is 0.446. The Kier molecular flexibility index (Phi) is 8.31. The number of aromatic hydroxyl groups is 1. The SMILES string of the molecule is CC(C)(C)c1cc(-c2csc(=Nc3ccc(OC(F)F)cc3)n2CCc2ccccc2)cc(C(C)(C)C)c1O. The van der Waals surface area contributed by atoms with Crippen LogP contribution in [0.4, 0.5) is 14.5 Å². The number of alkyl halides is 2. The molecule has 0 atom stereocenters. The average molecular weight is 551 g/mol. The molecule has 0 aliphatic carbocycles. The second-order valence-electron chi connectivity index (χ2n) is 11.7. The molecule has 1 N–H and O–H groups in total. The first-order valence-electron chi connectivity index (χ1n) is 13.0. The highest BCUT2D eigenvalue weighted by Gasteiger charge is 2.27. The van der Waals surface area contributed by atoms with E-state index in [1.165, 1.54) is 29.0 Å². The van der Waals surface area contributed by atoms with E-state index in [0.717, 1.165) is 33.6 Å². The fraction of sp³-hybridized carbons (Fsp3) is 0.344. The first-order chi connectivity index (χ1) is 18.3. The molecule has 3 aromatic carbocycles. The van der Waals surface area contributed by atoms with Gasteiger partial charge in [-0.25, -0.2) is 4.99 Å². The topological polar surface area (TPSA) is 46.8 Å². The standard InChI is InChI=1S/C32H36F2N2O2S/c1-31(2,3)25-18-22(19-26(28(25)37)32(4,5)6)27-20-39-30(36(27)17-16-21-10-8-7-9-11-21)35-23-12-14-24(15-13-23)38-29(33)34/h7-15,18-20,29,37H,16-17H2,1-6H3. The number of hydrogen-bond donors (Lipinski definition) is 1. The minimum absolute atomic E-state index is 0.0984. The van der Waals surface area contributed by atoms with E-state index < -0.39 is 6.61 Å². The number of nitrogens with zero attached hydrogens (tertiary/aromatic N) is 2. The van der Waals surface area contributed by atoms with E-state index >= 15 is 0 Å². The molecule has 0 saturated heterocycles. The summed E-state index contributed by atoms with van der Waals surface area (Å²) in [4.78, 5) is 5.67. The van der Waals surface area contributed by atoms with Crippen LogP contribution in [0.5, 0.6) is 11.5 Å². The van der Waals surface area contributed by atoms with Crippen molar-refractivity contribution in [3.05, 3.63) is 93.6 Å². The first-order valence-corrected chi connectivity index (χ1v) is 13.9. The van der Waals surface area contributed by atoms with E-state index in [-0.39, 0.29) is 16.6 Å². The minimum Gasteiger partial charge on any atom is -0.507 e. The largest absolute Gasteiger partial charge is 0.507 e. The fourth-order valence-electron chi connectivity index (χ4n) is 4.49. The highest BCUT2D eigenvalue weighted by molar-refractivity contribution is 7.07. The van der Waals surface area contributed by atoms with Crippen molar-refractivity contribution in [1.29, 1.82) is 0 Å². The van der Waals surface area contributed by atoms with Crippen LogP contribution < -0.4 is 9.54 Å². The van der Waals surface area contributed by atoms with Crippen molar-refractivity contribution < 1.29 is 18.6 Å². The van der Waals surface area contributed by atoms with Gasteiger partial charge in [-0.05, 0) is 64.8 Å². The predicted molar refractivity (Wildman–Crippen MR) is 155 cm³/mol. The lowest BCUT2D eigenvalue weighted by Crippen LogP contribution is -2.19. The Balaban J connectivity index is 1.86. The van der Waals surface area contributed by atoms with Crippen molar-refractivity contribution in [2.24, 2.45) is 4.99 Å². The number of thiazole rings is 1. The molecule has 0 amide bonds. The molecular weight excluding hydrogens is 514 g/mol. The Hall–Kier alpha value is -3.45. The Morgan fingerprint density at radius 1 is 0.897 bits per heavy atom. The maximum Gasteiger partial charge on any atom is 0.387 e. The molecule has 7 heteroatoms. The lowest BCUT2D eigenvalue weighted by atomic mass is 9.78. The highest BCUT2D eigenvalue weighted by Crippen LogP contribution is 2.42. The molecule has 0 radical (unpaired) electrons. The fourth-order valence-corrected chi connectivity index (χ4v) is 5.44. The van der Waals surface area contributed by atoms with E-state index in [0.29, 0.717) is 18.0 Å². The molecule has 206 valence electrons. The maximum atomic E-state index is 12.6. The summed E-state index contributed by atoms with van der Waals surface area (Å²) in [6, 6.07) is 20.8. The zero-order chi connectivity index (χ0) is 28.4. The van der Waals surface area contributed by atoms with Crippen LogP contribution in [0, 0.1) is 0 Å². The zero-order valence-electron chi connectivity index (χ0n) is 23.3. The van der Waals surface area contributed by atoms with Gasteiger partial charge in [0.25, 0.3) is 0 Å². The molecule has 0 fully saturated rings. The van der Waals surface area contributed by atoms with Gasteiger partial charge in [0, 0.05) is 23.1 Å². The highest BCUT2D eigenvalue weighted by atomic mass is 32.1. The van der Waals surface area contributed by atoms with Crippen LogP contribution in [-0.4, -0.2) is 16.3 Å². The summed E-state index contributed by atoms with van der Waals surface area (Å²) < 4.78 is 31.8. The number of aromatic nitrogens is 1. The summed E-state index contributed by atoms with van der Waals surface area (Å²) in [6.07, 6.45) is 0.815. The van der Waals surface area contributed by atoms with Gasteiger partial charge in [0.2, 0.25) is 0 Å². The Morgan fingerprint density at radius 2 is 1.49 bits per heavy atom. The van der Waals surface area contributed by atoms with Crippen LogP contribution in [0.3, 0.4) is 0 Å². The first kappa shape index (κ1) is 28.6. The monoisotopic (exact) mass is 550 g/mol. The molecule has 4 rings (SSSR count). The average Bonchev–Trinajstić information content (AvgIpc) is 3.25. The molecule has 0 spiro atoms. The Morgan fingerprint density at radius 3 is 2.03 bits per heavy atom. The molecule has 1 aromatic heterocycles. The molecule has 4 aromatic rings. The smallest absolute Gasteiger partial charge is 0.387 e. The number of aryl methyl sites for hydroxylation is 1. The maximum absolute atomic E-state index is 12.6. The number of halogens is 2. The van der Waals surface area contributed by atoms with E-state index in [4.69, 9.17) is 4.99 Å². The molecule has 4 nitrogen and oxygen atoms in total. The van der Waals surface area contributed by atoms with Gasteiger partial charge < -0.3 is 14.4 Å². The quantitative estimate of drug-likeness (QED) is 0.250. The number of hydrogen-bond acceptors (Lipinski definition) is 4. The lowest BCUT2D eigenvalue weighted by molar-refractivity contribution is -0.0498. The summed E-state index contributed by atoms with van der Waals surface area (Å²) in [7, 11) is 0. The Bertz CT molecular complexity index is 1440. The minimum atomic E-state index is -2.87. The number of benzene rings is 3. The van der Waals surface area contributed by atoms with E-state index in [2.05, 4.69) is 80.5 Å². The van der Waals surface area contributed by atoms with Gasteiger partial charge in [-0.3, -0.25) is 0 Å². The van der Waals surface area contributed by atoms with Crippen LogP contribution in [0.1, 0.15) is 58.2 Å². The van der Waals surface area contributed by atoms with Crippen LogP contribution in [0.25, 0.3) is 11.3 Å². The van der Waals surface area contributed by atoms with Gasteiger partial charge in [0.1, 0.15) is 11.5 Å². The molecule has 0 aliphatic rings. The van der Waals surface area contributed by atoms with Crippen molar-refractivity contribution in [3.63, 3.8) is 0 Å². The summed E-state index contributed by atoms with van der Waals surface area (Å²) in [6.45, 7) is 10.5. The van der Waals surface area contributed by atoms with E-state index in [1.807, 2.05) is 18.2 Å². The summed E-state index contributed by atoms with van der Waals surface area (Å²) in [5, 5.41) is 13.4. The van der Waals surface area contributed by atoms with Gasteiger partial charge in [0.15, 0.2) is 4.80 Å². The van der Waals surface area contributed by atoms with Gasteiger partial charge in [-0.2, -0.15) is 8.78 Å². The van der Waals surface area contributed by atoms with Gasteiger partial charge >= 0.3 is 6.61 Å². The number of phenols is 1. The van der Waals surface area contributed by atoms with E-state index in [1.54, 1.807) is 12.1 Å². The molecule has 39 heavy (non-hydrogen) atoms. The van der Waals surface area contributed by atoms with Gasteiger partial charge in [-0.1, -0.05) is 71.9 Å². The molecule has 1 heterocycles. The molecular formula is C32H36F2N2O2S. The third kappa shape index (κ3) is 6.95. The molecule has 0 aliphatic heterocycles. The summed E-state index contributed by atoms with van der Waals surface area (Å²) >= 11 is 1.53. The van der Waals surface area contributed by atoms with E-state index in [9.17, 15) is 13.9 Å². The summed E-state index contributed by atoms with van der Waals surface area (Å²) in [5.41, 5.74) is 5.21. The number of phenolic OH excluding ortho intramolecular Hbond substituents is 1. The lowest BCUT2D eigenvalue weighted by Gasteiger charge is -2.28. The van der Waals surface area contributed by atoms with Crippen molar-refractivity contribution >= 4 is 17.0 Å². The second kappa shape index (κ2) is 11.3. The predicted octanol–water partition coefficient (Wildman–Crippen LogP) is 8.59. The normalized spacial score (nSPS) is 12.8. The third-order valence-electron chi connectivity index (χ3n) is 6.57. The van der Waals surface area contributed by atoms with Crippen molar-refractivity contribution in [2.45, 2.75) is 71.9 Å². The van der Waals surface area contributed by atoms with Crippen LogP contribution in [0.15, 0.2) is 77.1 Å². The number of rotatable bonds is 7. The second-order valence-corrected chi connectivity index (χ2v) is 12.5.